The molecule has 1 aromatic heterocycles. The largest absolute Gasteiger partial charge is 0.454 e. The molecule has 7 nitrogen and oxygen atoms in total. The molecule has 4 unspecified atom stereocenters. The predicted molar refractivity (Wildman–Crippen MR) is 151 cm³/mol. The average Bonchev–Trinajstić information content (AvgIpc) is 3.78. The van der Waals surface area contributed by atoms with Crippen molar-refractivity contribution in [2.45, 2.75) is 17.5 Å². The number of hydrogen-bond donors (Lipinski definition) is 1. The normalized spacial score (nSPS) is 24.9. The van der Waals surface area contributed by atoms with Gasteiger partial charge < -0.3 is 19.7 Å². The van der Waals surface area contributed by atoms with Crippen molar-refractivity contribution >= 4 is 46.3 Å². The lowest BCUT2D eigenvalue weighted by Gasteiger charge is -2.37. The van der Waals surface area contributed by atoms with E-state index < -0.39 is 23.4 Å². The number of Topliss-reactive ketones (excluding diaryl/α,β-unsaturated/α-hetero) is 2. The molecule has 0 radical (unpaired) electrons. The molecule has 1 spiro atoms. The van der Waals surface area contributed by atoms with E-state index in [1.165, 1.54) is 11.3 Å². The Bertz CT molecular complexity index is 1760. The average molecular weight is 547 g/mol. The number of amides is 1. The molecule has 1 fully saturated rings. The Kier molecular flexibility index (Phi) is 4.88. The van der Waals surface area contributed by atoms with Gasteiger partial charge in [0.05, 0.1) is 16.8 Å². The highest BCUT2D eigenvalue weighted by molar-refractivity contribution is 7.12. The van der Waals surface area contributed by atoms with Gasteiger partial charge in [-0.2, -0.15) is 0 Å². The Morgan fingerprint density at radius 3 is 2.62 bits per heavy atom. The molecule has 4 aliphatic heterocycles. The number of carbonyl (C=O) groups is 3. The van der Waals surface area contributed by atoms with Crippen LogP contribution in [0.2, 0.25) is 0 Å². The van der Waals surface area contributed by atoms with E-state index in [1.54, 1.807) is 24.3 Å². The first kappa shape index (κ1) is 23.2. The van der Waals surface area contributed by atoms with Crippen LogP contribution in [-0.2, 0) is 10.2 Å². The Morgan fingerprint density at radius 2 is 1.75 bits per heavy atom. The van der Waals surface area contributed by atoms with Crippen molar-refractivity contribution in [3.8, 4) is 11.5 Å². The summed E-state index contributed by atoms with van der Waals surface area (Å²) < 4.78 is 11.1. The van der Waals surface area contributed by atoms with Crippen LogP contribution in [0.4, 0.5) is 11.4 Å². The fourth-order valence-corrected chi connectivity index (χ4v) is 7.61. The molecule has 4 aliphatic rings. The zero-order chi connectivity index (χ0) is 27.0. The molecule has 4 atom stereocenters. The smallest absolute Gasteiger partial charge is 0.238 e. The number of benzene rings is 3. The molecular weight excluding hydrogens is 524 g/mol. The van der Waals surface area contributed by atoms with Crippen molar-refractivity contribution in [3.63, 3.8) is 0 Å². The van der Waals surface area contributed by atoms with Gasteiger partial charge in [0.1, 0.15) is 11.5 Å². The van der Waals surface area contributed by atoms with Gasteiger partial charge in [0.25, 0.3) is 0 Å². The maximum atomic E-state index is 14.8. The predicted octanol–water partition coefficient (Wildman–Crippen LogP) is 5.33. The summed E-state index contributed by atoms with van der Waals surface area (Å²) in [6.07, 6.45) is 3.97. The van der Waals surface area contributed by atoms with Crippen LogP contribution in [0.3, 0.4) is 0 Å². The fourth-order valence-electron chi connectivity index (χ4n) is 6.91. The van der Waals surface area contributed by atoms with Crippen LogP contribution >= 0.6 is 11.3 Å². The molecule has 1 saturated heterocycles. The van der Waals surface area contributed by atoms with Gasteiger partial charge in [-0.3, -0.25) is 14.4 Å². The monoisotopic (exact) mass is 546 g/mol. The number of ketones is 2. The summed E-state index contributed by atoms with van der Waals surface area (Å²) in [5.74, 6) is -0.751. The first-order valence-electron chi connectivity index (χ1n) is 13.1. The van der Waals surface area contributed by atoms with Crippen molar-refractivity contribution in [2.75, 3.05) is 17.0 Å². The van der Waals surface area contributed by atoms with Crippen LogP contribution in [0.15, 0.2) is 90.3 Å². The highest BCUT2D eigenvalue weighted by atomic mass is 32.1. The van der Waals surface area contributed by atoms with Crippen molar-refractivity contribution in [1.29, 1.82) is 0 Å². The number of hydrogen-bond acceptors (Lipinski definition) is 7. The van der Waals surface area contributed by atoms with Crippen molar-refractivity contribution in [3.05, 3.63) is 112 Å². The lowest BCUT2D eigenvalue weighted by molar-refractivity contribution is -0.121. The highest BCUT2D eigenvalue weighted by Gasteiger charge is 2.70. The Balaban J connectivity index is 1.41. The summed E-state index contributed by atoms with van der Waals surface area (Å²) in [7, 11) is 0. The van der Waals surface area contributed by atoms with E-state index in [1.807, 2.05) is 77.0 Å². The van der Waals surface area contributed by atoms with Gasteiger partial charge >= 0.3 is 0 Å². The van der Waals surface area contributed by atoms with Crippen LogP contribution in [0.25, 0.3) is 6.08 Å². The zero-order valence-electron chi connectivity index (χ0n) is 21.1. The molecule has 196 valence electrons. The number of anilines is 2. The number of carbonyl (C=O) groups excluding carboxylic acids is 3. The summed E-state index contributed by atoms with van der Waals surface area (Å²) in [5.41, 5.74) is 2.16. The molecule has 1 N–H and O–H groups in total. The molecule has 0 aliphatic carbocycles. The number of nitrogens with zero attached hydrogens (tertiary/aromatic N) is 1. The van der Waals surface area contributed by atoms with E-state index in [0.717, 1.165) is 16.8 Å². The molecule has 40 heavy (non-hydrogen) atoms. The van der Waals surface area contributed by atoms with E-state index in [4.69, 9.17) is 9.47 Å². The van der Waals surface area contributed by atoms with Gasteiger partial charge in [0, 0.05) is 16.9 Å². The minimum Gasteiger partial charge on any atom is -0.454 e. The highest BCUT2D eigenvalue weighted by Crippen LogP contribution is 2.58. The third-order valence-electron chi connectivity index (χ3n) is 8.51. The standard InChI is InChI=1S/C32H22N2O5S/c35-29(19-11-13-23-24(16-19)39-17-38-23)27-28(30(36)25-10-5-15-40-25)34-22-9-4-1-6-18(22)12-14-26(34)32(27)20-7-2-3-8-21(20)33-31(32)37/h1-16,26-28H,17H2,(H,33,37). The summed E-state index contributed by atoms with van der Waals surface area (Å²) in [5, 5.41) is 4.91. The van der Waals surface area contributed by atoms with Crippen LogP contribution < -0.4 is 19.7 Å². The summed E-state index contributed by atoms with van der Waals surface area (Å²) >= 11 is 1.34. The summed E-state index contributed by atoms with van der Waals surface area (Å²) in [6, 6.07) is 22.5. The van der Waals surface area contributed by atoms with E-state index in [2.05, 4.69) is 5.32 Å². The summed E-state index contributed by atoms with van der Waals surface area (Å²) in [6.45, 7) is 0.0764. The number of rotatable bonds is 4. The van der Waals surface area contributed by atoms with Crippen LogP contribution in [0, 0.1) is 5.92 Å². The second-order valence-corrected chi connectivity index (χ2v) is 11.3. The molecule has 8 rings (SSSR count). The van der Waals surface area contributed by atoms with Gasteiger partial charge in [-0.05, 0) is 52.9 Å². The molecule has 0 saturated carbocycles. The van der Waals surface area contributed by atoms with E-state index in [0.29, 0.717) is 27.6 Å². The Hall–Kier alpha value is -4.69. The Labute approximate surface area is 233 Å². The molecule has 1 amide bonds. The number of nitrogens with one attached hydrogen (secondary N) is 1. The van der Waals surface area contributed by atoms with Gasteiger partial charge in [-0.15, -0.1) is 11.3 Å². The van der Waals surface area contributed by atoms with Gasteiger partial charge in [-0.25, -0.2) is 0 Å². The maximum absolute atomic E-state index is 14.8. The SMILES string of the molecule is O=C(c1cccs1)C1C(C(=O)c2ccc3c(c2)OCO3)C2(C(=O)Nc3ccccc32)C2C=Cc3ccccc3N12. The van der Waals surface area contributed by atoms with E-state index in [9.17, 15) is 14.4 Å². The molecule has 4 aromatic rings. The molecule has 3 aromatic carbocycles. The minimum absolute atomic E-state index is 0.0764. The third kappa shape index (κ3) is 2.96. The van der Waals surface area contributed by atoms with Gasteiger partial charge in [-0.1, -0.05) is 54.6 Å². The lowest BCUT2D eigenvalue weighted by Crippen LogP contribution is -2.51. The molecule has 5 heterocycles. The zero-order valence-corrected chi connectivity index (χ0v) is 21.9. The van der Waals surface area contributed by atoms with E-state index >= 15 is 0 Å². The lowest BCUT2D eigenvalue weighted by atomic mass is 9.64. The second-order valence-electron chi connectivity index (χ2n) is 10.3. The first-order valence-corrected chi connectivity index (χ1v) is 13.9. The van der Waals surface area contributed by atoms with Gasteiger partial charge in [0.15, 0.2) is 23.1 Å². The van der Waals surface area contributed by atoms with Crippen molar-refractivity contribution in [2.24, 2.45) is 5.92 Å². The topological polar surface area (TPSA) is 84.9 Å². The number of para-hydroxylation sites is 2. The molecular formula is C32H22N2O5S. The minimum atomic E-state index is -1.34. The number of ether oxygens (including phenoxy) is 2. The van der Waals surface area contributed by atoms with Gasteiger partial charge in [0.2, 0.25) is 12.7 Å². The second kappa shape index (κ2) is 8.40. The number of thiophene rings is 1. The molecule has 8 heteroatoms. The Morgan fingerprint density at radius 1 is 0.925 bits per heavy atom. The third-order valence-corrected chi connectivity index (χ3v) is 9.40. The van der Waals surface area contributed by atoms with Crippen LogP contribution in [0.5, 0.6) is 11.5 Å². The first-order chi connectivity index (χ1) is 19.6. The van der Waals surface area contributed by atoms with E-state index in [-0.39, 0.29) is 24.3 Å². The van der Waals surface area contributed by atoms with Crippen LogP contribution in [-0.4, -0.2) is 36.4 Å². The fraction of sp³-hybridized carbons (Fsp3) is 0.156. The van der Waals surface area contributed by atoms with Crippen molar-refractivity contribution < 1.29 is 23.9 Å². The maximum Gasteiger partial charge on any atom is 0.238 e. The quantitative estimate of drug-likeness (QED) is 0.348. The molecule has 0 bridgehead atoms. The van der Waals surface area contributed by atoms with Crippen LogP contribution in [0.1, 0.15) is 31.2 Å². The number of fused-ring (bicyclic) bond motifs is 7. The van der Waals surface area contributed by atoms with Crippen molar-refractivity contribution in [1.82, 2.24) is 0 Å². The summed E-state index contributed by atoms with van der Waals surface area (Å²) in [4.78, 5) is 46.2.